The Morgan fingerprint density at radius 3 is 2.95 bits per heavy atom. The number of nitrogens with one attached hydrogen (secondary N) is 1. The average Bonchev–Trinajstić information content (AvgIpc) is 2.45. The lowest BCUT2D eigenvalue weighted by Crippen LogP contribution is -2.01. The molecule has 0 unspecified atom stereocenters. The molecule has 0 aliphatic carbocycles. The van der Waals surface area contributed by atoms with Crippen LogP contribution in [-0.4, -0.2) is 17.0 Å². The van der Waals surface area contributed by atoms with Crippen molar-refractivity contribution in [2.24, 2.45) is 0 Å². The number of halogens is 1. The number of pyridine rings is 1. The fourth-order valence-corrected chi connectivity index (χ4v) is 1.86. The summed E-state index contributed by atoms with van der Waals surface area (Å²) in [5.74, 6) is 0.766. The first-order chi connectivity index (χ1) is 9.61. The van der Waals surface area contributed by atoms with Crippen LogP contribution in [0.5, 0.6) is 5.75 Å². The molecule has 0 aliphatic rings. The van der Waals surface area contributed by atoms with Crippen molar-refractivity contribution in [3.8, 4) is 5.75 Å². The normalized spacial score (nSPS) is 10.1. The van der Waals surface area contributed by atoms with Crippen LogP contribution in [0.4, 0.5) is 11.5 Å². The molecule has 7 heteroatoms. The summed E-state index contributed by atoms with van der Waals surface area (Å²) in [7, 11) is 1.76. The topological polar surface area (TPSA) is 77.3 Å². The van der Waals surface area contributed by atoms with E-state index in [0.29, 0.717) is 5.82 Å². The van der Waals surface area contributed by atoms with Gasteiger partial charge in [0.15, 0.2) is 0 Å². The van der Waals surface area contributed by atoms with E-state index >= 15 is 0 Å². The first-order valence-electron chi connectivity index (χ1n) is 5.80. The number of nitrogens with zero attached hydrogens (tertiary/aromatic N) is 2. The van der Waals surface area contributed by atoms with E-state index in [-0.39, 0.29) is 23.1 Å². The van der Waals surface area contributed by atoms with Gasteiger partial charge in [-0.3, -0.25) is 10.1 Å². The number of hydrogen-bond donors (Lipinski definition) is 1. The minimum Gasteiger partial charge on any atom is -0.481 e. The van der Waals surface area contributed by atoms with Crippen LogP contribution in [0.3, 0.4) is 0 Å². The summed E-state index contributed by atoms with van der Waals surface area (Å²) in [5, 5.41) is 14.0. The molecule has 0 bridgehead atoms. The van der Waals surface area contributed by atoms with E-state index in [0.717, 1.165) is 5.56 Å². The van der Waals surface area contributed by atoms with Gasteiger partial charge in [-0.25, -0.2) is 4.98 Å². The highest BCUT2D eigenvalue weighted by Gasteiger charge is 2.18. The Labute approximate surface area is 120 Å². The number of hydrogen-bond acceptors (Lipinski definition) is 5. The Bertz CT molecular complexity index is 634. The standard InChI is InChI=1S/C13H12ClN3O3/c1-15-12-7-9(5-6-16-12)8-20-13-10(14)3-2-4-11(13)17(18)19/h2-7H,8H2,1H3,(H,15,16). The van der Waals surface area contributed by atoms with E-state index < -0.39 is 4.92 Å². The summed E-state index contributed by atoms with van der Waals surface area (Å²) < 4.78 is 5.49. The highest BCUT2D eigenvalue weighted by molar-refractivity contribution is 6.32. The third-order valence-corrected chi connectivity index (χ3v) is 2.90. The molecule has 0 aliphatic heterocycles. The quantitative estimate of drug-likeness (QED) is 0.676. The molecule has 0 amide bonds. The van der Waals surface area contributed by atoms with Crippen LogP contribution in [-0.2, 0) is 6.61 Å². The second-order valence-electron chi connectivity index (χ2n) is 3.93. The van der Waals surface area contributed by atoms with Gasteiger partial charge >= 0.3 is 5.69 Å². The molecular weight excluding hydrogens is 282 g/mol. The molecule has 104 valence electrons. The molecular formula is C13H12ClN3O3. The van der Waals surface area contributed by atoms with Crippen molar-refractivity contribution >= 4 is 23.1 Å². The molecule has 0 saturated heterocycles. The summed E-state index contributed by atoms with van der Waals surface area (Å²) in [4.78, 5) is 14.5. The number of anilines is 1. The highest BCUT2D eigenvalue weighted by Crippen LogP contribution is 2.34. The maximum absolute atomic E-state index is 10.9. The van der Waals surface area contributed by atoms with Crippen LogP contribution >= 0.6 is 11.6 Å². The predicted octanol–water partition coefficient (Wildman–Crippen LogP) is 3.26. The maximum atomic E-state index is 10.9. The molecule has 0 radical (unpaired) electrons. The minimum atomic E-state index is -0.521. The fraction of sp³-hybridized carbons (Fsp3) is 0.154. The van der Waals surface area contributed by atoms with Gasteiger partial charge < -0.3 is 10.1 Å². The molecule has 20 heavy (non-hydrogen) atoms. The third-order valence-electron chi connectivity index (χ3n) is 2.61. The van der Waals surface area contributed by atoms with E-state index in [2.05, 4.69) is 10.3 Å². The molecule has 2 rings (SSSR count). The lowest BCUT2D eigenvalue weighted by atomic mass is 10.2. The van der Waals surface area contributed by atoms with E-state index in [1.165, 1.54) is 12.1 Å². The number of benzene rings is 1. The van der Waals surface area contributed by atoms with E-state index in [9.17, 15) is 10.1 Å². The van der Waals surface area contributed by atoms with Gasteiger partial charge in [-0.05, 0) is 23.8 Å². The summed E-state index contributed by atoms with van der Waals surface area (Å²) in [6.45, 7) is 0.168. The van der Waals surface area contributed by atoms with Crippen LogP contribution in [0, 0.1) is 10.1 Å². The average molecular weight is 294 g/mol. The fourth-order valence-electron chi connectivity index (χ4n) is 1.64. The zero-order valence-electron chi connectivity index (χ0n) is 10.7. The van der Waals surface area contributed by atoms with E-state index in [4.69, 9.17) is 16.3 Å². The molecule has 1 aromatic heterocycles. The Balaban J connectivity index is 2.20. The summed E-state index contributed by atoms with van der Waals surface area (Å²) in [6, 6.07) is 7.98. The second kappa shape index (κ2) is 6.21. The Morgan fingerprint density at radius 1 is 1.45 bits per heavy atom. The van der Waals surface area contributed by atoms with Gasteiger partial charge in [0.25, 0.3) is 0 Å². The Morgan fingerprint density at radius 2 is 2.25 bits per heavy atom. The van der Waals surface area contributed by atoms with Gasteiger partial charge in [0.2, 0.25) is 5.75 Å². The number of nitro benzene ring substituents is 1. The molecule has 1 N–H and O–H groups in total. The van der Waals surface area contributed by atoms with Gasteiger partial charge in [-0.1, -0.05) is 17.7 Å². The first-order valence-corrected chi connectivity index (χ1v) is 6.18. The maximum Gasteiger partial charge on any atom is 0.312 e. The van der Waals surface area contributed by atoms with Crippen molar-refractivity contribution in [2.45, 2.75) is 6.61 Å². The lowest BCUT2D eigenvalue weighted by Gasteiger charge is -2.09. The van der Waals surface area contributed by atoms with Gasteiger partial charge in [0.1, 0.15) is 12.4 Å². The van der Waals surface area contributed by atoms with Gasteiger partial charge in [-0.2, -0.15) is 0 Å². The smallest absolute Gasteiger partial charge is 0.312 e. The Kier molecular flexibility index (Phi) is 4.37. The zero-order valence-corrected chi connectivity index (χ0v) is 11.4. The number of nitro groups is 1. The molecule has 2 aromatic rings. The van der Waals surface area contributed by atoms with Gasteiger partial charge in [-0.15, -0.1) is 0 Å². The monoisotopic (exact) mass is 293 g/mol. The van der Waals surface area contributed by atoms with Crippen LogP contribution in [0.25, 0.3) is 0 Å². The number of ether oxygens (including phenoxy) is 1. The van der Waals surface area contributed by atoms with Crippen molar-refractivity contribution < 1.29 is 9.66 Å². The van der Waals surface area contributed by atoms with Gasteiger partial charge in [0, 0.05) is 19.3 Å². The second-order valence-corrected chi connectivity index (χ2v) is 4.34. The molecule has 0 spiro atoms. The molecule has 0 saturated carbocycles. The number of rotatable bonds is 5. The number of para-hydroxylation sites is 1. The van der Waals surface area contributed by atoms with E-state index in [1.54, 1.807) is 31.4 Å². The van der Waals surface area contributed by atoms with Crippen molar-refractivity contribution in [1.29, 1.82) is 0 Å². The first kappa shape index (κ1) is 14.1. The summed E-state index contributed by atoms with van der Waals surface area (Å²) >= 11 is 5.94. The SMILES string of the molecule is CNc1cc(COc2c(Cl)cccc2[N+](=O)[O-])ccn1. The molecule has 1 aromatic carbocycles. The highest BCUT2D eigenvalue weighted by atomic mass is 35.5. The number of aromatic nitrogens is 1. The molecule has 0 atom stereocenters. The van der Waals surface area contributed by atoms with Crippen molar-refractivity contribution in [3.63, 3.8) is 0 Å². The lowest BCUT2D eigenvalue weighted by molar-refractivity contribution is -0.385. The third kappa shape index (κ3) is 3.16. The van der Waals surface area contributed by atoms with Crippen molar-refractivity contribution in [1.82, 2.24) is 4.98 Å². The summed E-state index contributed by atoms with van der Waals surface area (Å²) in [6.07, 6.45) is 1.63. The Hall–Kier alpha value is -2.34. The molecule has 1 heterocycles. The van der Waals surface area contributed by atoms with Crippen LogP contribution in [0.15, 0.2) is 36.5 Å². The molecule has 6 nitrogen and oxygen atoms in total. The van der Waals surface area contributed by atoms with Crippen molar-refractivity contribution in [3.05, 3.63) is 57.2 Å². The van der Waals surface area contributed by atoms with Crippen LogP contribution in [0.2, 0.25) is 5.02 Å². The molecule has 0 fully saturated rings. The largest absolute Gasteiger partial charge is 0.481 e. The summed E-state index contributed by atoms with van der Waals surface area (Å²) in [5.41, 5.74) is 0.680. The predicted molar refractivity (Wildman–Crippen MR) is 76.2 cm³/mol. The van der Waals surface area contributed by atoms with E-state index in [1.807, 2.05) is 0 Å². The van der Waals surface area contributed by atoms with Crippen LogP contribution < -0.4 is 10.1 Å². The zero-order chi connectivity index (χ0) is 14.5. The van der Waals surface area contributed by atoms with Gasteiger partial charge in [0.05, 0.1) is 9.95 Å². The van der Waals surface area contributed by atoms with Crippen LogP contribution in [0.1, 0.15) is 5.56 Å². The van der Waals surface area contributed by atoms with Crippen molar-refractivity contribution in [2.75, 3.05) is 12.4 Å². The minimum absolute atomic E-state index is 0.0713.